The van der Waals surface area contributed by atoms with Crippen LogP contribution in [-0.2, 0) is 4.74 Å². The molecule has 1 amide bonds. The fraction of sp³-hybridized carbons (Fsp3) is 0.385. The van der Waals surface area contributed by atoms with Crippen LogP contribution in [0.1, 0.15) is 26.3 Å². The SMILES string of the molecule is C/C(=N\O)c1ccccc1NC(=O)OCC(C)C. The average molecular weight is 250 g/mol. The van der Waals surface area contributed by atoms with Crippen molar-refractivity contribution in [2.75, 3.05) is 11.9 Å². The molecule has 1 rings (SSSR count). The number of anilines is 1. The Hall–Kier alpha value is -2.04. The molecule has 5 nitrogen and oxygen atoms in total. The molecule has 0 atom stereocenters. The van der Waals surface area contributed by atoms with E-state index in [1.54, 1.807) is 31.2 Å². The van der Waals surface area contributed by atoms with E-state index in [0.29, 0.717) is 23.6 Å². The number of nitrogens with zero attached hydrogens (tertiary/aromatic N) is 1. The molecule has 0 spiro atoms. The van der Waals surface area contributed by atoms with Gasteiger partial charge in [0.25, 0.3) is 0 Å². The molecular weight excluding hydrogens is 232 g/mol. The van der Waals surface area contributed by atoms with E-state index in [2.05, 4.69) is 10.5 Å². The summed E-state index contributed by atoms with van der Waals surface area (Å²) in [5.74, 6) is 0.284. The van der Waals surface area contributed by atoms with Gasteiger partial charge in [-0.25, -0.2) is 4.79 Å². The van der Waals surface area contributed by atoms with Gasteiger partial charge in [0.2, 0.25) is 0 Å². The number of carbonyl (C=O) groups excluding carboxylic acids is 1. The van der Waals surface area contributed by atoms with Gasteiger partial charge < -0.3 is 9.94 Å². The number of para-hydroxylation sites is 1. The van der Waals surface area contributed by atoms with E-state index in [-0.39, 0.29) is 5.92 Å². The van der Waals surface area contributed by atoms with Crippen molar-refractivity contribution in [3.8, 4) is 0 Å². The average Bonchev–Trinajstić information content (AvgIpc) is 2.36. The zero-order valence-electron chi connectivity index (χ0n) is 10.8. The number of hydrogen-bond donors (Lipinski definition) is 2. The first kappa shape index (κ1) is 14.0. The van der Waals surface area contributed by atoms with Crippen molar-refractivity contribution in [2.45, 2.75) is 20.8 Å². The maximum Gasteiger partial charge on any atom is 0.411 e. The molecule has 0 bridgehead atoms. The Balaban J connectivity index is 2.75. The molecule has 5 heteroatoms. The summed E-state index contributed by atoms with van der Waals surface area (Å²) in [6, 6.07) is 7.06. The highest BCUT2D eigenvalue weighted by molar-refractivity contribution is 6.05. The van der Waals surface area contributed by atoms with E-state index in [1.165, 1.54) is 0 Å². The van der Waals surface area contributed by atoms with E-state index in [9.17, 15) is 4.79 Å². The molecule has 0 aliphatic heterocycles. The molecule has 2 N–H and O–H groups in total. The topological polar surface area (TPSA) is 70.9 Å². The van der Waals surface area contributed by atoms with Crippen LogP contribution in [0.4, 0.5) is 10.5 Å². The highest BCUT2D eigenvalue weighted by Crippen LogP contribution is 2.16. The van der Waals surface area contributed by atoms with Crippen LogP contribution in [0.25, 0.3) is 0 Å². The number of benzene rings is 1. The van der Waals surface area contributed by atoms with Gasteiger partial charge in [-0.15, -0.1) is 0 Å². The van der Waals surface area contributed by atoms with Crippen LogP contribution in [-0.4, -0.2) is 23.6 Å². The predicted octanol–water partition coefficient (Wildman–Crippen LogP) is 3.09. The van der Waals surface area contributed by atoms with Crippen molar-refractivity contribution in [1.29, 1.82) is 0 Å². The summed E-state index contributed by atoms with van der Waals surface area (Å²) < 4.78 is 5.02. The maximum absolute atomic E-state index is 11.5. The van der Waals surface area contributed by atoms with E-state index < -0.39 is 6.09 Å². The molecule has 0 saturated carbocycles. The summed E-state index contributed by atoms with van der Waals surface area (Å²) in [5, 5.41) is 14.5. The van der Waals surface area contributed by atoms with Crippen molar-refractivity contribution >= 4 is 17.5 Å². The van der Waals surface area contributed by atoms with Gasteiger partial charge >= 0.3 is 6.09 Å². The van der Waals surface area contributed by atoms with Crippen molar-refractivity contribution in [1.82, 2.24) is 0 Å². The number of oxime groups is 1. The van der Waals surface area contributed by atoms with Gasteiger partial charge in [-0.2, -0.15) is 0 Å². The van der Waals surface area contributed by atoms with Crippen LogP contribution in [0.15, 0.2) is 29.4 Å². The second kappa shape index (κ2) is 6.64. The molecule has 1 aromatic rings. The summed E-state index contributed by atoms with van der Waals surface area (Å²) in [6.45, 7) is 5.94. The van der Waals surface area contributed by atoms with Gasteiger partial charge in [0.15, 0.2) is 0 Å². The van der Waals surface area contributed by atoms with E-state index in [4.69, 9.17) is 9.94 Å². The molecule has 0 saturated heterocycles. The second-order valence-corrected chi connectivity index (χ2v) is 4.35. The molecule has 98 valence electrons. The van der Waals surface area contributed by atoms with Crippen molar-refractivity contribution in [2.24, 2.45) is 11.1 Å². The van der Waals surface area contributed by atoms with Gasteiger partial charge in [-0.3, -0.25) is 5.32 Å². The molecule has 0 unspecified atom stereocenters. The predicted molar refractivity (Wildman–Crippen MR) is 70.2 cm³/mol. The third kappa shape index (κ3) is 4.08. The van der Waals surface area contributed by atoms with E-state index >= 15 is 0 Å². The largest absolute Gasteiger partial charge is 0.449 e. The number of ether oxygens (including phenoxy) is 1. The smallest absolute Gasteiger partial charge is 0.411 e. The monoisotopic (exact) mass is 250 g/mol. The Morgan fingerprint density at radius 2 is 2.11 bits per heavy atom. The van der Waals surface area contributed by atoms with Crippen LogP contribution in [0, 0.1) is 5.92 Å². The summed E-state index contributed by atoms with van der Waals surface area (Å²) in [5.41, 5.74) is 1.64. The first-order valence-corrected chi connectivity index (χ1v) is 5.76. The van der Waals surface area contributed by atoms with Gasteiger partial charge in [-0.05, 0) is 18.9 Å². The van der Waals surface area contributed by atoms with Crippen molar-refractivity contribution < 1.29 is 14.7 Å². The quantitative estimate of drug-likeness (QED) is 0.490. The number of amides is 1. The molecule has 0 fully saturated rings. The molecule has 0 radical (unpaired) electrons. The van der Waals surface area contributed by atoms with Crippen molar-refractivity contribution in [3.05, 3.63) is 29.8 Å². The molecule has 0 aromatic heterocycles. The lowest BCUT2D eigenvalue weighted by Gasteiger charge is -2.11. The van der Waals surface area contributed by atoms with Crippen LogP contribution in [0.5, 0.6) is 0 Å². The summed E-state index contributed by atoms with van der Waals surface area (Å²) in [7, 11) is 0. The number of nitrogens with one attached hydrogen (secondary N) is 1. The standard InChI is InChI=1S/C13H18N2O3/c1-9(2)8-18-13(16)14-12-7-5-4-6-11(12)10(3)15-17/h4-7,9,17H,8H2,1-3H3,(H,14,16)/b15-10+. The molecule has 18 heavy (non-hydrogen) atoms. The molecular formula is C13H18N2O3. The lowest BCUT2D eigenvalue weighted by Crippen LogP contribution is -2.18. The zero-order chi connectivity index (χ0) is 13.5. The molecule has 0 aliphatic rings. The van der Waals surface area contributed by atoms with Crippen molar-refractivity contribution in [3.63, 3.8) is 0 Å². The Bertz CT molecular complexity index is 442. The Labute approximate surface area is 106 Å². The molecule has 1 aromatic carbocycles. The van der Waals surface area contributed by atoms with E-state index in [1.807, 2.05) is 13.8 Å². The van der Waals surface area contributed by atoms with Crippen LogP contribution in [0.3, 0.4) is 0 Å². The van der Waals surface area contributed by atoms with Gasteiger partial charge in [0.1, 0.15) is 0 Å². The summed E-state index contributed by atoms with van der Waals surface area (Å²) >= 11 is 0. The number of hydrogen-bond acceptors (Lipinski definition) is 4. The summed E-state index contributed by atoms with van der Waals surface area (Å²) in [6.07, 6.45) is -0.512. The second-order valence-electron chi connectivity index (χ2n) is 4.35. The third-order valence-corrected chi connectivity index (χ3v) is 2.25. The minimum atomic E-state index is -0.512. The summed E-state index contributed by atoms with van der Waals surface area (Å²) in [4.78, 5) is 11.5. The Kier molecular flexibility index (Phi) is 5.17. The Morgan fingerprint density at radius 1 is 1.44 bits per heavy atom. The van der Waals surface area contributed by atoms with Gasteiger partial charge in [-0.1, -0.05) is 37.2 Å². The fourth-order valence-electron chi connectivity index (χ4n) is 1.35. The molecule has 0 heterocycles. The van der Waals surface area contributed by atoms with Crippen LogP contribution in [0.2, 0.25) is 0 Å². The highest BCUT2D eigenvalue weighted by atomic mass is 16.5. The number of rotatable bonds is 4. The van der Waals surface area contributed by atoms with Gasteiger partial charge in [0, 0.05) is 5.56 Å². The minimum absolute atomic E-state index is 0.284. The molecule has 0 aliphatic carbocycles. The Morgan fingerprint density at radius 3 is 2.72 bits per heavy atom. The minimum Gasteiger partial charge on any atom is -0.449 e. The third-order valence-electron chi connectivity index (χ3n) is 2.25. The first-order valence-electron chi connectivity index (χ1n) is 5.76. The lowest BCUT2D eigenvalue weighted by atomic mass is 10.1. The van der Waals surface area contributed by atoms with Crippen LogP contribution >= 0.6 is 0 Å². The lowest BCUT2D eigenvalue weighted by molar-refractivity contribution is 0.147. The maximum atomic E-state index is 11.5. The highest BCUT2D eigenvalue weighted by Gasteiger charge is 2.10. The zero-order valence-corrected chi connectivity index (χ0v) is 10.8. The first-order chi connectivity index (χ1) is 8.54. The fourth-order valence-corrected chi connectivity index (χ4v) is 1.35. The number of carbonyl (C=O) groups is 1. The van der Waals surface area contributed by atoms with Gasteiger partial charge in [0.05, 0.1) is 18.0 Å². The van der Waals surface area contributed by atoms with Crippen LogP contribution < -0.4 is 5.32 Å². The van der Waals surface area contributed by atoms with E-state index in [0.717, 1.165) is 0 Å². The normalized spacial score (nSPS) is 11.4.